The molecule has 0 radical (unpaired) electrons. The minimum absolute atomic E-state index is 0.0130. The van der Waals surface area contributed by atoms with E-state index in [1.807, 2.05) is 0 Å². The smallest absolute Gasteiger partial charge is 0.293 e. The summed E-state index contributed by atoms with van der Waals surface area (Å²) in [5.41, 5.74) is 0.767. The lowest BCUT2D eigenvalue weighted by atomic mass is 10.1. The molecule has 1 N–H and O–H groups in total. The molecular formula is C18H16Cl2N4O4S. The summed E-state index contributed by atoms with van der Waals surface area (Å²) in [7, 11) is 1.48. The van der Waals surface area contributed by atoms with Crippen molar-refractivity contribution < 1.29 is 19.2 Å². The number of benzene rings is 1. The first kappa shape index (κ1) is 21.4. The zero-order valence-corrected chi connectivity index (χ0v) is 17.6. The predicted octanol–water partition coefficient (Wildman–Crippen LogP) is 2.75. The molecule has 0 saturated carbocycles. The van der Waals surface area contributed by atoms with Crippen LogP contribution in [0.1, 0.15) is 18.4 Å². The van der Waals surface area contributed by atoms with Gasteiger partial charge in [-0.05, 0) is 29.5 Å². The number of halogens is 2. The molecule has 0 atom stereocenters. The normalized spacial score (nSPS) is 18.5. The van der Waals surface area contributed by atoms with Gasteiger partial charge in [0.25, 0.3) is 17.1 Å². The van der Waals surface area contributed by atoms with Crippen LogP contribution in [0.3, 0.4) is 0 Å². The number of rotatable bonds is 5. The van der Waals surface area contributed by atoms with Crippen LogP contribution in [-0.4, -0.2) is 58.7 Å². The molecule has 1 aromatic carbocycles. The minimum atomic E-state index is -0.467. The molecule has 1 saturated heterocycles. The summed E-state index contributed by atoms with van der Waals surface area (Å²) in [4.78, 5) is 49.5. The molecule has 1 aromatic rings. The van der Waals surface area contributed by atoms with Crippen LogP contribution in [-0.2, 0) is 14.4 Å². The Morgan fingerprint density at radius 2 is 2.03 bits per heavy atom. The van der Waals surface area contributed by atoms with Crippen molar-refractivity contribution >= 4 is 69.7 Å². The summed E-state index contributed by atoms with van der Waals surface area (Å²) in [6.07, 6.45) is 1.98. The van der Waals surface area contributed by atoms with Gasteiger partial charge in [0.05, 0.1) is 15.0 Å². The Balaban J connectivity index is 1.60. The second kappa shape index (κ2) is 8.98. The van der Waals surface area contributed by atoms with Gasteiger partial charge < -0.3 is 5.32 Å². The van der Waals surface area contributed by atoms with E-state index in [1.54, 1.807) is 18.2 Å². The van der Waals surface area contributed by atoms with Gasteiger partial charge in [-0.3, -0.25) is 24.1 Å². The molecule has 8 nitrogen and oxygen atoms in total. The van der Waals surface area contributed by atoms with Crippen LogP contribution in [0.4, 0.5) is 4.79 Å². The lowest BCUT2D eigenvalue weighted by molar-refractivity contribution is -0.130. The number of imide groups is 1. The fourth-order valence-corrected chi connectivity index (χ4v) is 3.90. The molecule has 29 heavy (non-hydrogen) atoms. The van der Waals surface area contributed by atoms with E-state index in [0.29, 0.717) is 15.6 Å². The molecule has 3 rings (SSSR count). The van der Waals surface area contributed by atoms with E-state index < -0.39 is 17.1 Å². The van der Waals surface area contributed by atoms with Gasteiger partial charge in [-0.25, -0.2) is 5.01 Å². The van der Waals surface area contributed by atoms with Crippen molar-refractivity contribution in [3.63, 3.8) is 0 Å². The first-order chi connectivity index (χ1) is 13.8. The summed E-state index contributed by atoms with van der Waals surface area (Å²) in [6, 6.07) is 5.01. The third-order valence-corrected chi connectivity index (χ3v) is 5.97. The van der Waals surface area contributed by atoms with Crippen molar-refractivity contribution in [2.24, 2.45) is 5.10 Å². The third kappa shape index (κ3) is 4.80. The summed E-state index contributed by atoms with van der Waals surface area (Å²) >= 11 is 12.9. The molecule has 2 heterocycles. The van der Waals surface area contributed by atoms with E-state index in [9.17, 15) is 19.2 Å². The number of carbonyl (C=O) groups excluding carboxylic acids is 4. The van der Waals surface area contributed by atoms with E-state index in [0.717, 1.165) is 21.7 Å². The highest BCUT2D eigenvalue weighted by Gasteiger charge is 2.35. The first-order valence-corrected chi connectivity index (χ1v) is 10.2. The number of hydrogen-bond donors (Lipinski definition) is 1. The molecule has 0 aliphatic carbocycles. The van der Waals surface area contributed by atoms with Gasteiger partial charge >= 0.3 is 0 Å². The van der Waals surface area contributed by atoms with E-state index in [4.69, 9.17) is 23.2 Å². The number of nitrogens with zero attached hydrogens (tertiary/aromatic N) is 3. The van der Waals surface area contributed by atoms with E-state index in [2.05, 4.69) is 10.4 Å². The van der Waals surface area contributed by atoms with Crippen molar-refractivity contribution in [2.45, 2.75) is 12.8 Å². The van der Waals surface area contributed by atoms with Crippen molar-refractivity contribution in [3.05, 3.63) is 38.7 Å². The Kier molecular flexibility index (Phi) is 6.61. The van der Waals surface area contributed by atoms with Crippen LogP contribution < -0.4 is 5.32 Å². The fraction of sp³-hybridized carbons (Fsp3) is 0.278. The quantitative estimate of drug-likeness (QED) is 0.689. The van der Waals surface area contributed by atoms with Crippen LogP contribution in [0, 0.1) is 0 Å². The van der Waals surface area contributed by atoms with Crippen molar-refractivity contribution in [1.29, 1.82) is 0 Å². The Bertz CT molecular complexity index is 963. The third-order valence-electron chi connectivity index (χ3n) is 4.23. The zero-order valence-electron chi connectivity index (χ0n) is 15.3. The molecule has 4 amide bonds. The topological polar surface area (TPSA) is 99.2 Å². The Morgan fingerprint density at radius 1 is 1.28 bits per heavy atom. The standard InChI is InChI=1S/C18H16Cl2N4O4S/c1-23-14(25)6-5-12(22-23)16(26)21-7-8-24-17(27)13(29-18(24)28)9-10-3-2-4-11(19)15(10)20/h2-4,9H,5-8H2,1H3,(H,21,26)/b13-9-. The maximum Gasteiger partial charge on any atom is 0.293 e. The average Bonchev–Trinajstić information content (AvgIpc) is 2.94. The molecule has 152 valence electrons. The average molecular weight is 455 g/mol. The molecule has 1 fully saturated rings. The molecule has 0 spiro atoms. The fourth-order valence-electron chi connectivity index (χ4n) is 2.68. The predicted molar refractivity (Wildman–Crippen MR) is 112 cm³/mol. The Hall–Kier alpha value is -2.36. The summed E-state index contributed by atoms with van der Waals surface area (Å²) in [6.45, 7) is 0.0812. The molecule has 2 aliphatic heterocycles. The van der Waals surface area contributed by atoms with E-state index in [1.165, 1.54) is 13.1 Å². The summed E-state index contributed by atoms with van der Waals surface area (Å²) < 4.78 is 0. The van der Waals surface area contributed by atoms with Crippen molar-refractivity contribution in [2.75, 3.05) is 20.1 Å². The number of thioether (sulfide) groups is 1. The SMILES string of the molecule is CN1N=C(C(=O)NCCN2C(=O)S/C(=C\c3cccc(Cl)c3Cl)C2=O)CCC1=O. The first-order valence-electron chi connectivity index (χ1n) is 8.59. The molecule has 11 heteroatoms. The largest absolute Gasteiger partial charge is 0.349 e. The second-order valence-corrected chi connectivity index (χ2v) is 7.97. The number of carbonyl (C=O) groups is 4. The van der Waals surface area contributed by atoms with Gasteiger partial charge in [-0.1, -0.05) is 35.3 Å². The molecule has 2 aliphatic rings. The number of hydrazone groups is 1. The summed E-state index contributed by atoms with van der Waals surface area (Å²) in [5.74, 6) is -1.06. The number of hydrogen-bond acceptors (Lipinski definition) is 6. The van der Waals surface area contributed by atoms with Crippen LogP contribution in [0.15, 0.2) is 28.2 Å². The highest BCUT2D eigenvalue weighted by molar-refractivity contribution is 8.18. The number of amides is 4. The van der Waals surface area contributed by atoms with E-state index >= 15 is 0 Å². The summed E-state index contributed by atoms with van der Waals surface area (Å²) in [5, 5.41) is 7.87. The lowest BCUT2D eigenvalue weighted by Crippen LogP contribution is -2.41. The van der Waals surface area contributed by atoms with Crippen LogP contribution in [0.2, 0.25) is 10.0 Å². The van der Waals surface area contributed by atoms with Gasteiger partial charge in [-0.2, -0.15) is 5.10 Å². The maximum atomic E-state index is 12.5. The lowest BCUT2D eigenvalue weighted by Gasteiger charge is -2.19. The highest BCUT2D eigenvalue weighted by atomic mass is 35.5. The maximum absolute atomic E-state index is 12.5. The molecular weight excluding hydrogens is 439 g/mol. The van der Waals surface area contributed by atoms with Crippen LogP contribution in [0.25, 0.3) is 6.08 Å². The molecule has 0 bridgehead atoms. The van der Waals surface area contributed by atoms with Gasteiger partial charge in [0.1, 0.15) is 5.71 Å². The second-order valence-electron chi connectivity index (χ2n) is 6.20. The zero-order chi connectivity index (χ0) is 21.1. The minimum Gasteiger partial charge on any atom is -0.349 e. The Morgan fingerprint density at radius 3 is 2.76 bits per heavy atom. The van der Waals surface area contributed by atoms with E-state index in [-0.39, 0.29) is 42.5 Å². The van der Waals surface area contributed by atoms with Crippen molar-refractivity contribution in [3.8, 4) is 0 Å². The van der Waals surface area contributed by atoms with Crippen molar-refractivity contribution in [1.82, 2.24) is 15.2 Å². The molecule has 0 unspecified atom stereocenters. The van der Waals surface area contributed by atoms with Gasteiger partial charge in [0, 0.05) is 33.0 Å². The van der Waals surface area contributed by atoms with Gasteiger partial charge in [-0.15, -0.1) is 0 Å². The number of nitrogens with one attached hydrogen (secondary N) is 1. The van der Waals surface area contributed by atoms with Gasteiger partial charge in [0.15, 0.2) is 0 Å². The van der Waals surface area contributed by atoms with Crippen LogP contribution >= 0.6 is 35.0 Å². The van der Waals surface area contributed by atoms with Crippen LogP contribution in [0.5, 0.6) is 0 Å². The monoisotopic (exact) mass is 454 g/mol. The Labute approximate surface area is 180 Å². The molecule has 0 aromatic heterocycles. The highest BCUT2D eigenvalue weighted by Crippen LogP contribution is 2.34. The van der Waals surface area contributed by atoms with Gasteiger partial charge in [0.2, 0.25) is 5.91 Å².